The molecule has 5 heteroatoms. The smallest absolute Gasteiger partial charge is 0.314 e. The number of amides is 3. The first-order valence-corrected chi connectivity index (χ1v) is 5.09. The van der Waals surface area contributed by atoms with E-state index in [1.165, 1.54) is 4.90 Å². The number of nitrogens with two attached hydrogens (primary N) is 1. The van der Waals surface area contributed by atoms with E-state index < -0.39 is 11.4 Å². The maximum absolute atomic E-state index is 11.9. The zero-order valence-electron chi connectivity index (χ0n) is 8.56. The highest BCUT2D eigenvalue weighted by atomic mass is 16.2. The summed E-state index contributed by atoms with van der Waals surface area (Å²) in [5.41, 5.74) is 6.42. The number of para-hydroxylation sites is 1. The summed E-state index contributed by atoms with van der Waals surface area (Å²) in [6.07, 6.45) is 0. The third-order valence-electron chi connectivity index (χ3n) is 3.36. The minimum absolute atomic E-state index is 0.0359. The summed E-state index contributed by atoms with van der Waals surface area (Å²) in [6.45, 7) is 0.760. The normalized spacial score (nSPS) is 20.2. The fourth-order valence-electron chi connectivity index (χ4n) is 2.45. The Hall–Kier alpha value is -2.04. The van der Waals surface area contributed by atoms with Crippen LogP contribution in [0.25, 0.3) is 0 Å². The van der Waals surface area contributed by atoms with Crippen molar-refractivity contribution in [1.82, 2.24) is 4.90 Å². The number of anilines is 1. The average molecular weight is 217 g/mol. The van der Waals surface area contributed by atoms with E-state index in [-0.39, 0.29) is 5.91 Å². The molecule has 0 aliphatic carbocycles. The molecule has 1 fully saturated rings. The minimum Gasteiger partial charge on any atom is -0.351 e. The van der Waals surface area contributed by atoms with Crippen LogP contribution in [0, 0.1) is 0 Å². The highest BCUT2D eigenvalue weighted by molar-refractivity contribution is 6.08. The van der Waals surface area contributed by atoms with Gasteiger partial charge in [-0.05, 0) is 11.6 Å². The van der Waals surface area contributed by atoms with Gasteiger partial charge in [0.1, 0.15) is 5.41 Å². The molecule has 0 saturated carbocycles. The summed E-state index contributed by atoms with van der Waals surface area (Å²) < 4.78 is 0. The van der Waals surface area contributed by atoms with Crippen LogP contribution in [0.15, 0.2) is 24.3 Å². The van der Waals surface area contributed by atoms with Crippen LogP contribution in [-0.2, 0) is 10.2 Å². The SMILES string of the molecule is NC(=O)N1CC2(C1)C(=O)Nc1ccccc12. The molecule has 0 aromatic heterocycles. The lowest BCUT2D eigenvalue weighted by atomic mass is 9.75. The van der Waals surface area contributed by atoms with Crippen molar-refractivity contribution in [3.63, 3.8) is 0 Å². The Kier molecular flexibility index (Phi) is 1.58. The Balaban J connectivity index is 1.99. The van der Waals surface area contributed by atoms with Crippen molar-refractivity contribution >= 4 is 17.6 Å². The molecule has 0 radical (unpaired) electrons. The van der Waals surface area contributed by atoms with E-state index in [2.05, 4.69) is 5.32 Å². The van der Waals surface area contributed by atoms with Crippen LogP contribution in [0.2, 0.25) is 0 Å². The summed E-state index contributed by atoms with van der Waals surface area (Å²) in [4.78, 5) is 24.3. The van der Waals surface area contributed by atoms with Crippen LogP contribution in [-0.4, -0.2) is 29.9 Å². The van der Waals surface area contributed by atoms with Crippen LogP contribution in [0.5, 0.6) is 0 Å². The number of hydrogen-bond donors (Lipinski definition) is 2. The molecule has 2 aliphatic heterocycles. The van der Waals surface area contributed by atoms with Crippen LogP contribution in [0.4, 0.5) is 10.5 Å². The van der Waals surface area contributed by atoms with Crippen LogP contribution >= 0.6 is 0 Å². The molecule has 3 rings (SSSR count). The molecule has 2 heterocycles. The van der Waals surface area contributed by atoms with E-state index in [0.29, 0.717) is 13.1 Å². The second-order valence-electron chi connectivity index (χ2n) is 4.28. The van der Waals surface area contributed by atoms with Crippen molar-refractivity contribution in [2.75, 3.05) is 18.4 Å². The molecule has 1 saturated heterocycles. The summed E-state index contributed by atoms with van der Waals surface area (Å²) in [6, 6.07) is 7.10. The maximum Gasteiger partial charge on any atom is 0.314 e. The van der Waals surface area contributed by atoms with Gasteiger partial charge in [0.05, 0.1) is 0 Å². The van der Waals surface area contributed by atoms with Crippen molar-refractivity contribution in [1.29, 1.82) is 0 Å². The van der Waals surface area contributed by atoms with Gasteiger partial charge in [-0.2, -0.15) is 0 Å². The predicted molar refractivity (Wildman–Crippen MR) is 57.9 cm³/mol. The van der Waals surface area contributed by atoms with Gasteiger partial charge in [0, 0.05) is 18.8 Å². The number of rotatable bonds is 0. The number of primary amides is 1. The van der Waals surface area contributed by atoms with Gasteiger partial charge in [-0.1, -0.05) is 18.2 Å². The third-order valence-corrected chi connectivity index (χ3v) is 3.36. The Morgan fingerprint density at radius 3 is 2.75 bits per heavy atom. The quantitative estimate of drug-likeness (QED) is 0.654. The topological polar surface area (TPSA) is 75.4 Å². The van der Waals surface area contributed by atoms with Crippen LogP contribution in [0.1, 0.15) is 5.56 Å². The fraction of sp³-hybridized carbons (Fsp3) is 0.273. The highest BCUT2D eigenvalue weighted by Crippen LogP contribution is 2.43. The predicted octanol–water partition coefficient (Wildman–Crippen LogP) is 0.271. The molecule has 82 valence electrons. The zero-order valence-corrected chi connectivity index (χ0v) is 8.56. The molecule has 0 unspecified atom stereocenters. The maximum atomic E-state index is 11.9. The van der Waals surface area contributed by atoms with Gasteiger partial charge in [0.2, 0.25) is 5.91 Å². The first-order valence-electron chi connectivity index (χ1n) is 5.09. The fourth-order valence-corrected chi connectivity index (χ4v) is 2.45. The lowest BCUT2D eigenvalue weighted by molar-refractivity contribution is -0.125. The van der Waals surface area contributed by atoms with Crippen molar-refractivity contribution in [3.05, 3.63) is 29.8 Å². The molecule has 16 heavy (non-hydrogen) atoms. The first-order chi connectivity index (χ1) is 7.63. The molecular weight excluding hydrogens is 206 g/mol. The van der Waals surface area contributed by atoms with Gasteiger partial charge in [-0.25, -0.2) is 4.79 Å². The number of nitrogens with one attached hydrogen (secondary N) is 1. The van der Waals surface area contributed by atoms with Gasteiger partial charge in [-0.15, -0.1) is 0 Å². The van der Waals surface area contributed by atoms with Crippen LogP contribution < -0.4 is 11.1 Å². The number of fused-ring (bicyclic) bond motifs is 2. The van der Waals surface area contributed by atoms with Gasteiger partial charge >= 0.3 is 6.03 Å². The van der Waals surface area contributed by atoms with Crippen molar-refractivity contribution in [2.45, 2.75) is 5.41 Å². The largest absolute Gasteiger partial charge is 0.351 e. The zero-order chi connectivity index (χ0) is 11.3. The molecular formula is C11H11N3O2. The Morgan fingerprint density at radius 2 is 2.06 bits per heavy atom. The molecule has 5 nitrogen and oxygen atoms in total. The third kappa shape index (κ3) is 0.946. The van der Waals surface area contributed by atoms with Gasteiger partial charge in [0.15, 0.2) is 0 Å². The number of carbonyl (C=O) groups excluding carboxylic acids is 2. The van der Waals surface area contributed by atoms with E-state index in [0.717, 1.165) is 11.3 Å². The lowest BCUT2D eigenvalue weighted by Crippen LogP contribution is -2.65. The van der Waals surface area contributed by atoms with Crippen LogP contribution in [0.3, 0.4) is 0 Å². The van der Waals surface area contributed by atoms with Crippen molar-refractivity contribution in [2.24, 2.45) is 5.73 Å². The van der Waals surface area contributed by atoms with Gasteiger partial charge < -0.3 is 16.0 Å². The molecule has 0 atom stereocenters. The van der Waals surface area contributed by atoms with E-state index >= 15 is 0 Å². The lowest BCUT2D eigenvalue weighted by Gasteiger charge is -2.45. The number of nitrogens with zero attached hydrogens (tertiary/aromatic N) is 1. The number of benzene rings is 1. The number of hydrogen-bond acceptors (Lipinski definition) is 2. The van der Waals surface area contributed by atoms with Crippen molar-refractivity contribution in [3.8, 4) is 0 Å². The molecule has 1 aromatic carbocycles. The van der Waals surface area contributed by atoms with Gasteiger partial charge in [0.25, 0.3) is 0 Å². The second-order valence-corrected chi connectivity index (χ2v) is 4.28. The van der Waals surface area contributed by atoms with Gasteiger partial charge in [-0.3, -0.25) is 4.79 Å². The molecule has 0 bridgehead atoms. The standard InChI is InChI=1S/C11H11N3O2/c12-10(16)14-5-11(6-14)7-3-1-2-4-8(7)13-9(11)15/h1-4H,5-6H2,(H2,12,16)(H,13,15). The Morgan fingerprint density at radius 1 is 1.38 bits per heavy atom. The highest BCUT2D eigenvalue weighted by Gasteiger charge is 2.56. The Bertz CT molecular complexity index is 492. The molecule has 2 aliphatic rings. The molecule has 1 spiro atoms. The summed E-state index contributed by atoms with van der Waals surface area (Å²) >= 11 is 0. The molecule has 3 amide bonds. The first kappa shape index (κ1) is 9.21. The van der Waals surface area contributed by atoms with Crippen molar-refractivity contribution < 1.29 is 9.59 Å². The number of urea groups is 1. The van der Waals surface area contributed by atoms with E-state index in [1.807, 2.05) is 24.3 Å². The minimum atomic E-state index is -0.564. The summed E-state index contributed by atoms with van der Waals surface area (Å²) in [7, 11) is 0. The van der Waals surface area contributed by atoms with E-state index in [9.17, 15) is 9.59 Å². The average Bonchev–Trinajstić information content (AvgIpc) is 2.47. The second kappa shape index (κ2) is 2.75. The summed E-state index contributed by atoms with van der Waals surface area (Å²) in [5.74, 6) is -0.0359. The van der Waals surface area contributed by atoms with E-state index in [1.54, 1.807) is 0 Å². The molecule has 1 aromatic rings. The summed E-state index contributed by atoms with van der Waals surface area (Å²) in [5, 5.41) is 2.83. The monoisotopic (exact) mass is 217 g/mol. The number of likely N-dealkylation sites (tertiary alicyclic amines) is 1. The molecule has 3 N–H and O–H groups in total. The van der Waals surface area contributed by atoms with E-state index in [4.69, 9.17) is 5.73 Å². The number of carbonyl (C=O) groups is 2. The Labute approximate surface area is 92.2 Å².